The van der Waals surface area contributed by atoms with Gasteiger partial charge in [-0.05, 0) is 16.9 Å². The average Bonchev–Trinajstić information content (AvgIpc) is 3.31. The van der Waals surface area contributed by atoms with E-state index in [4.69, 9.17) is 46.2 Å². The molecule has 1 aliphatic heterocycles. The van der Waals surface area contributed by atoms with Crippen molar-refractivity contribution in [2.75, 3.05) is 12.0 Å². The van der Waals surface area contributed by atoms with E-state index in [1.54, 1.807) is 30.3 Å². The first-order chi connectivity index (χ1) is 19.4. The van der Waals surface area contributed by atoms with Crippen molar-refractivity contribution >= 4 is 53.4 Å². The second-order valence-corrected chi connectivity index (χ2v) is 8.98. The number of hydrogen-bond donors (Lipinski definition) is 2. The van der Waals surface area contributed by atoms with E-state index in [-0.39, 0.29) is 11.6 Å². The zero-order chi connectivity index (χ0) is 30.3. The van der Waals surface area contributed by atoms with E-state index in [2.05, 4.69) is 10.7 Å². The van der Waals surface area contributed by atoms with Crippen LogP contribution in [0.5, 0.6) is 0 Å². The minimum Gasteiger partial charge on any atom is -0.463 e. The van der Waals surface area contributed by atoms with Crippen LogP contribution in [0.1, 0.15) is 38.2 Å². The number of ether oxygens (including phenoxy) is 5. The molecule has 2 aromatic rings. The number of hydrogen-bond acceptors (Lipinski definition) is 14. The number of anilines is 1. The maximum atomic E-state index is 12.1. The molecular formula is C24H28N5O11S+. The SMILES string of the molecule is CC(=O)OC[C@H]1O[C@@H](N(Nc2on[n+](-c3ccccc3)c2C=O)C(N)=S)[C@H](OC(C)=O)[C@@H](OC(C)=O)[C@H]1OC(C)=O. The summed E-state index contributed by atoms with van der Waals surface area (Å²) in [6.07, 6.45) is -6.78. The number of nitrogens with one attached hydrogen (secondary N) is 1. The Hall–Kier alpha value is -4.64. The average molecular weight is 595 g/mol. The first kappa shape index (κ1) is 30.9. The third-order valence-electron chi connectivity index (χ3n) is 5.47. The number of esters is 4. The van der Waals surface area contributed by atoms with E-state index in [9.17, 15) is 24.0 Å². The van der Waals surface area contributed by atoms with Gasteiger partial charge in [0, 0.05) is 39.8 Å². The van der Waals surface area contributed by atoms with E-state index in [0.29, 0.717) is 12.0 Å². The molecule has 1 aliphatic rings. The second-order valence-electron chi connectivity index (χ2n) is 8.56. The van der Waals surface area contributed by atoms with Crippen LogP contribution in [0.2, 0.25) is 0 Å². The van der Waals surface area contributed by atoms with Gasteiger partial charge in [0.15, 0.2) is 29.7 Å². The van der Waals surface area contributed by atoms with Crippen LogP contribution < -0.4 is 15.8 Å². The molecule has 0 spiro atoms. The van der Waals surface area contributed by atoms with Gasteiger partial charge in [-0.2, -0.15) is 0 Å². The lowest BCUT2D eigenvalue weighted by Crippen LogP contribution is -2.68. The van der Waals surface area contributed by atoms with Crippen molar-refractivity contribution in [2.24, 2.45) is 5.73 Å². The number of para-hydroxylation sites is 1. The molecule has 41 heavy (non-hydrogen) atoms. The minimum absolute atomic E-state index is 0.0944. The highest BCUT2D eigenvalue weighted by atomic mass is 32.1. The van der Waals surface area contributed by atoms with Gasteiger partial charge in [0.25, 0.3) is 0 Å². The van der Waals surface area contributed by atoms with Gasteiger partial charge < -0.3 is 29.4 Å². The van der Waals surface area contributed by atoms with Crippen molar-refractivity contribution in [1.82, 2.24) is 10.3 Å². The van der Waals surface area contributed by atoms with Gasteiger partial charge in [-0.3, -0.25) is 33.9 Å². The monoisotopic (exact) mass is 594 g/mol. The van der Waals surface area contributed by atoms with E-state index in [1.165, 1.54) is 4.68 Å². The molecule has 0 amide bonds. The molecule has 0 aliphatic carbocycles. The smallest absolute Gasteiger partial charge is 0.345 e. The Bertz CT molecular complexity index is 1300. The van der Waals surface area contributed by atoms with Crippen LogP contribution in [0.3, 0.4) is 0 Å². The number of aromatic nitrogens is 2. The quantitative estimate of drug-likeness (QED) is 0.0906. The van der Waals surface area contributed by atoms with Crippen molar-refractivity contribution in [1.29, 1.82) is 0 Å². The predicted octanol–water partition coefficient (Wildman–Crippen LogP) is -0.281. The van der Waals surface area contributed by atoms with Crippen molar-refractivity contribution in [3.8, 4) is 5.69 Å². The summed E-state index contributed by atoms with van der Waals surface area (Å²) in [6.45, 7) is 3.92. The van der Waals surface area contributed by atoms with Gasteiger partial charge in [0.2, 0.25) is 17.2 Å². The van der Waals surface area contributed by atoms with Gasteiger partial charge in [-0.15, -0.1) is 0 Å². The van der Waals surface area contributed by atoms with Gasteiger partial charge >= 0.3 is 35.5 Å². The molecule has 1 aromatic carbocycles. The molecule has 0 unspecified atom stereocenters. The maximum absolute atomic E-state index is 12.1. The van der Waals surface area contributed by atoms with Crippen molar-refractivity contribution in [3.05, 3.63) is 36.0 Å². The molecule has 2 heterocycles. The molecule has 0 bridgehead atoms. The summed E-state index contributed by atoms with van der Waals surface area (Å²) in [4.78, 5) is 59.8. The highest BCUT2D eigenvalue weighted by Crippen LogP contribution is 2.31. The molecule has 0 radical (unpaired) electrons. The fourth-order valence-electron chi connectivity index (χ4n) is 3.97. The number of carbonyl (C=O) groups excluding carboxylic acids is 5. The summed E-state index contributed by atoms with van der Waals surface area (Å²) in [6, 6.07) is 8.55. The zero-order valence-electron chi connectivity index (χ0n) is 22.4. The topological polar surface area (TPSA) is 203 Å². The number of nitrogens with zero attached hydrogens (tertiary/aromatic N) is 3. The lowest BCUT2D eigenvalue weighted by Gasteiger charge is -2.47. The Labute approximate surface area is 238 Å². The van der Waals surface area contributed by atoms with Crippen LogP contribution in [-0.4, -0.2) is 82.8 Å². The molecule has 3 N–H and O–H groups in total. The fourth-order valence-corrected chi connectivity index (χ4v) is 4.12. The number of rotatable bonds is 10. The molecule has 3 rings (SSSR count). The Morgan fingerprint density at radius 1 is 1.00 bits per heavy atom. The van der Waals surface area contributed by atoms with E-state index < -0.39 is 66.2 Å². The molecule has 16 nitrogen and oxygen atoms in total. The van der Waals surface area contributed by atoms with Crippen molar-refractivity contribution in [2.45, 2.75) is 58.3 Å². The van der Waals surface area contributed by atoms with Crippen LogP contribution >= 0.6 is 12.2 Å². The number of hydrazine groups is 1. The van der Waals surface area contributed by atoms with E-state index in [0.717, 1.165) is 32.7 Å². The second kappa shape index (κ2) is 13.6. The van der Waals surface area contributed by atoms with Crippen molar-refractivity contribution in [3.63, 3.8) is 0 Å². The van der Waals surface area contributed by atoms with Gasteiger partial charge in [-0.25, -0.2) is 5.01 Å². The first-order valence-corrected chi connectivity index (χ1v) is 12.4. The summed E-state index contributed by atoms with van der Waals surface area (Å²) in [5, 5.41) is 4.41. The van der Waals surface area contributed by atoms with Gasteiger partial charge in [0.05, 0.1) is 0 Å². The van der Waals surface area contributed by atoms with E-state index in [1.807, 2.05) is 0 Å². The summed E-state index contributed by atoms with van der Waals surface area (Å²) in [5.74, 6) is -3.39. The molecule has 5 atom stereocenters. The molecule has 17 heteroatoms. The summed E-state index contributed by atoms with van der Waals surface area (Å²) in [7, 11) is 0. The van der Waals surface area contributed by atoms with Crippen LogP contribution in [-0.2, 0) is 42.9 Å². The summed E-state index contributed by atoms with van der Waals surface area (Å²) in [5.41, 5.74) is 9.07. The highest BCUT2D eigenvalue weighted by Gasteiger charge is 2.54. The standard InChI is InChI=1S/C24H27N5O11S/c1-12(31)35-11-18-19(36-13(2)32)20(37-14(3)33)21(38-15(4)34)23(39-18)29(24(25)41)26-22-17(10-30)28(27-40-22)16-8-6-5-7-9-16/h5-10,18-21,23H,11H2,1-4H3,(H2-,25,26,27,30,41)/p+1/t18-,19+,20+,21-,23-/m1/s1. The maximum Gasteiger partial charge on any atom is 0.345 e. The lowest BCUT2D eigenvalue weighted by molar-refractivity contribution is -0.671. The normalized spacial score (nSPS) is 21.6. The lowest BCUT2D eigenvalue weighted by atomic mass is 9.97. The highest BCUT2D eigenvalue weighted by molar-refractivity contribution is 7.80. The summed E-state index contributed by atoms with van der Waals surface area (Å²) < 4.78 is 33.9. The molecule has 1 saturated heterocycles. The number of thiocarbonyl (C=S) groups is 1. The number of nitrogens with two attached hydrogens (primary N) is 1. The number of benzene rings is 1. The van der Waals surface area contributed by atoms with Crippen molar-refractivity contribution < 1.29 is 56.9 Å². The Morgan fingerprint density at radius 3 is 2.12 bits per heavy atom. The Morgan fingerprint density at radius 2 is 1.59 bits per heavy atom. The minimum atomic E-state index is -1.54. The molecule has 1 fully saturated rings. The van der Waals surface area contributed by atoms with Crippen LogP contribution in [0, 0.1) is 0 Å². The Kier molecular flexibility index (Phi) is 10.3. The zero-order valence-corrected chi connectivity index (χ0v) is 23.2. The van der Waals surface area contributed by atoms with Crippen LogP contribution in [0.4, 0.5) is 5.88 Å². The molecule has 0 saturated carbocycles. The Balaban J connectivity index is 2.09. The summed E-state index contributed by atoms with van der Waals surface area (Å²) >= 11 is 5.20. The number of aldehydes is 1. The largest absolute Gasteiger partial charge is 0.463 e. The fraction of sp³-hybridized carbons (Fsp3) is 0.417. The van der Waals surface area contributed by atoms with E-state index >= 15 is 0 Å². The molecule has 220 valence electrons. The number of carbonyl (C=O) groups is 5. The third-order valence-corrected chi connectivity index (χ3v) is 5.66. The van der Waals surface area contributed by atoms with Crippen LogP contribution in [0.25, 0.3) is 5.69 Å². The van der Waals surface area contributed by atoms with Gasteiger partial charge in [0.1, 0.15) is 12.7 Å². The van der Waals surface area contributed by atoms with Crippen LogP contribution in [0.15, 0.2) is 34.9 Å². The third kappa shape index (κ3) is 7.73. The first-order valence-electron chi connectivity index (χ1n) is 12.0. The molecule has 1 aromatic heterocycles. The molecular weight excluding hydrogens is 566 g/mol. The van der Waals surface area contributed by atoms with Gasteiger partial charge in [-0.1, -0.05) is 18.2 Å². The predicted molar refractivity (Wildman–Crippen MR) is 138 cm³/mol.